The summed E-state index contributed by atoms with van der Waals surface area (Å²) in [6.07, 6.45) is -4.50. The lowest BCUT2D eigenvalue weighted by Crippen LogP contribution is -2.43. The van der Waals surface area contributed by atoms with Crippen LogP contribution in [0.5, 0.6) is 0 Å². The summed E-state index contributed by atoms with van der Waals surface area (Å²) in [6.45, 7) is -2.03. The molecule has 0 saturated carbocycles. The molecular formula is C8H6F5N3O2. The number of hydroxylamine groups is 1. The van der Waals surface area contributed by atoms with E-state index in [1.807, 2.05) is 0 Å². The van der Waals surface area contributed by atoms with Crippen LogP contribution in [0.3, 0.4) is 0 Å². The van der Waals surface area contributed by atoms with Gasteiger partial charge in [0.1, 0.15) is 6.61 Å². The molecule has 10 heteroatoms. The topological polar surface area (TPSA) is 64.1 Å². The Bertz CT molecular complexity index is 409. The van der Waals surface area contributed by atoms with E-state index in [1.165, 1.54) is 23.8 Å². The molecule has 0 aliphatic rings. The molecule has 1 aromatic rings. The number of carbonyl (C=O) groups excluding carboxylic acids is 1. The van der Waals surface area contributed by atoms with Gasteiger partial charge in [0.05, 0.1) is 0 Å². The monoisotopic (exact) mass is 271 g/mol. The molecule has 0 radical (unpaired) electrons. The van der Waals surface area contributed by atoms with E-state index in [4.69, 9.17) is 0 Å². The summed E-state index contributed by atoms with van der Waals surface area (Å²) < 4.78 is 59.9. The lowest BCUT2D eigenvalue weighted by atomic mass is 10.3. The quantitative estimate of drug-likeness (QED) is 0.663. The Kier molecular flexibility index (Phi) is 4.11. The minimum absolute atomic E-state index is 0.284. The van der Waals surface area contributed by atoms with Gasteiger partial charge in [0.15, 0.2) is 5.69 Å². The van der Waals surface area contributed by atoms with Crippen LogP contribution in [0.2, 0.25) is 0 Å². The number of alkyl halides is 5. The van der Waals surface area contributed by atoms with E-state index in [0.29, 0.717) is 0 Å². The second-order valence-corrected chi connectivity index (χ2v) is 3.03. The maximum atomic E-state index is 12.4. The van der Waals surface area contributed by atoms with Gasteiger partial charge in [0.2, 0.25) is 0 Å². The van der Waals surface area contributed by atoms with Crippen molar-refractivity contribution in [3.8, 4) is 0 Å². The van der Waals surface area contributed by atoms with Crippen LogP contribution in [0.4, 0.5) is 22.0 Å². The lowest BCUT2D eigenvalue weighted by Gasteiger charge is -2.18. The summed E-state index contributed by atoms with van der Waals surface area (Å²) in [5.41, 5.74) is 1.12. The Hall–Kier alpha value is -1.84. The summed E-state index contributed by atoms with van der Waals surface area (Å²) in [7, 11) is 0. The van der Waals surface area contributed by atoms with Gasteiger partial charge in [-0.25, -0.2) is 5.48 Å². The van der Waals surface area contributed by atoms with E-state index in [1.54, 1.807) is 0 Å². The van der Waals surface area contributed by atoms with Crippen LogP contribution in [0.1, 0.15) is 10.5 Å². The van der Waals surface area contributed by atoms with Crippen molar-refractivity contribution in [1.29, 1.82) is 0 Å². The van der Waals surface area contributed by atoms with Gasteiger partial charge >= 0.3 is 12.1 Å². The highest BCUT2D eigenvalue weighted by molar-refractivity contribution is 5.91. The Morgan fingerprint density at radius 3 is 2.50 bits per heavy atom. The molecule has 0 atom stereocenters. The number of nitrogens with one attached hydrogen (secondary N) is 1. The molecule has 1 aromatic heterocycles. The van der Waals surface area contributed by atoms with E-state index in [0.717, 1.165) is 0 Å². The smallest absolute Gasteiger partial charge is 0.267 e. The molecule has 1 rings (SSSR count). The lowest BCUT2D eigenvalue weighted by molar-refractivity contribution is -0.300. The molecule has 0 unspecified atom stereocenters. The number of hydrogen-bond donors (Lipinski definition) is 1. The van der Waals surface area contributed by atoms with Crippen molar-refractivity contribution < 1.29 is 31.6 Å². The molecule has 1 amide bonds. The summed E-state index contributed by atoms with van der Waals surface area (Å²) >= 11 is 0. The van der Waals surface area contributed by atoms with E-state index in [-0.39, 0.29) is 5.69 Å². The fourth-order valence-corrected chi connectivity index (χ4v) is 0.749. The maximum Gasteiger partial charge on any atom is 0.455 e. The van der Waals surface area contributed by atoms with Crippen LogP contribution in [-0.2, 0) is 4.84 Å². The second-order valence-electron chi connectivity index (χ2n) is 3.03. The van der Waals surface area contributed by atoms with Crippen LogP contribution in [0.15, 0.2) is 18.3 Å². The van der Waals surface area contributed by atoms with Gasteiger partial charge in [0, 0.05) is 6.20 Å². The Morgan fingerprint density at radius 1 is 1.33 bits per heavy atom. The van der Waals surface area contributed by atoms with Gasteiger partial charge in [-0.2, -0.15) is 27.1 Å². The van der Waals surface area contributed by atoms with Gasteiger partial charge in [-0.15, -0.1) is 5.10 Å². The molecule has 0 saturated heterocycles. The molecule has 5 nitrogen and oxygen atoms in total. The Labute approximate surface area is 96.9 Å². The van der Waals surface area contributed by atoms with Crippen molar-refractivity contribution in [1.82, 2.24) is 15.7 Å². The van der Waals surface area contributed by atoms with Crippen molar-refractivity contribution in [2.45, 2.75) is 12.1 Å². The van der Waals surface area contributed by atoms with E-state index in [9.17, 15) is 26.7 Å². The number of nitrogens with zero attached hydrogens (tertiary/aromatic N) is 2. The number of rotatable bonds is 4. The van der Waals surface area contributed by atoms with Crippen LogP contribution in [-0.4, -0.2) is 34.8 Å². The van der Waals surface area contributed by atoms with Crippen molar-refractivity contribution in [2.24, 2.45) is 0 Å². The SMILES string of the molecule is O=C(NOCC(F)(F)C(F)(F)F)c1cccnn1. The zero-order valence-electron chi connectivity index (χ0n) is 8.54. The minimum atomic E-state index is -5.75. The minimum Gasteiger partial charge on any atom is -0.267 e. The Morgan fingerprint density at radius 2 is 2.00 bits per heavy atom. The van der Waals surface area contributed by atoms with Gasteiger partial charge < -0.3 is 0 Å². The molecule has 0 fully saturated rings. The predicted octanol–water partition coefficient (Wildman–Crippen LogP) is 1.34. The molecule has 0 aliphatic carbocycles. The Balaban J connectivity index is 2.46. The molecule has 1 N–H and O–H groups in total. The molecule has 100 valence electrons. The van der Waals surface area contributed by atoms with Crippen molar-refractivity contribution in [3.63, 3.8) is 0 Å². The summed E-state index contributed by atoms with van der Waals surface area (Å²) in [6, 6.07) is 2.50. The standard InChI is InChI=1S/C8H6F5N3O2/c9-7(10,8(11,12)13)4-18-16-6(17)5-2-1-3-14-15-5/h1-3H,4H2,(H,16,17). The summed E-state index contributed by atoms with van der Waals surface area (Å²) in [5, 5.41) is 6.60. The second kappa shape index (κ2) is 5.21. The largest absolute Gasteiger partial charge is 0.455 e. The van der Waals surface area contributed by atoms with Crippen LogP contribution in [0.25, 0.3) is 0 Å². The molecule has 0 spiro atoms. The highest BCUT2D eigenvalue weighted by atomic mass is 19.4. The van der Waals surface area contributed by atoms with E-state index >= 15 is 0 Å². The van der Waals surface area contributed by atoms with Crippen LogP contribution in [0, 0.1) is 0 Å². The third-order valence-corrected chi connectivity index (χ3v) is 1.64. The number of halogens is 5. The van der Waals surface area contributed by atoms with E-state index < -0.39 is 24.6 Å². The van der Waals surface area contributed by atoms with Crippen LogP contribution >= 0.6 is 0 Å². The summed E-state index contributed by atoms with van der Waals surface area (Å²) in [5.74, 6) is -6.14. The predicted molar refractivity (Wildman–Crippen MR) is 46.5 cm³/mol. The third kappa shape index (κ3) is 3.58. The highest BCUT2D eigenvalue weighted by Gasteiger charge is 2.58. The first-order chi connectivity index (χ1) is 8.24. The molecule has 18 heavy (non-hydrogen) atoms. The highest BCUT2D eigenvalue weighted by Crippen LogP contribution is 2.35. The van der Waals surface area contributed by atoms with Crippen molar-refractivity contribution in [2.75, 3.05) is 6.61 Å². The first-order valence-corrected chi connectivity index (χ1v) is 4.38. The zero-order valence-corrected chi connectivity index (χ0v) is 8.54. The molecule has 0 bridgehead atoms. The van der Waals surface area contributed by atoms with Gasteiger partial charge in [-0.1, -0.05) is 0 Å². The average molecular weight is 271 g/mol. The molecule has 1 heterocycles. The number of hydrogen-bond acceptors (Lipinski definition) is 4. The average Bonchev–Trinajstić information content (AvgIpc) is 2.28. The van der Waals surface area contributed by atoms with Crippen molar-refractivity contribution in [3.05, 3.63) is 24.0 Å². The summed E-state index contributed by atoms with van der Waals surface area (Å²) in [4.78, 5) is 14.9. The van der Waals surface area contributed by atoms with Gasteiger partial charge in [0.25, 0.3) is 5.91 Å². The zero-order chi connectivity index (χ0) is 13.8. The van der Waals surface area contributed by atoms with Gasteiger partial charge in [-0.05, 0) is 12.1 Å². The fourth-order valence-electron chi connectivity index (χ4n) is 0.749. The molecule has 0 aliphatic heterocycles. The number of amides is 1. The fraction of sp³-hybridized carbons (Fsp3) is 0.375. The maximum absolute atomic E-state index is 12.4. The van der Waals surface area contributed by atoms with Gasteiger partial charge in [-0.3, -0.25) is 9.63 Å². The first kappa shape index (κ1) is 14.2. The molecular weight excluding hydrogens is 265 g/mol. The van der Waals surface area contributed by atoms with E-state index in [2.05, 4.69) is 15.0 Å². The van der Waals surface area contributed by atoms with Crippen molar-refractivity contribution >= 4 is 5.91 Å². The first-order valence-electron chi connectivity index (χ1n) is 4.38. The number of aromatic nitrogens is 2. The molecule has 0 aromatic carbocycles. The normalized spacial score (nSPS) is 12.3. The van der Waals surface area contributed by atoms with Crippen LogP contribution < -0.4 is 5.48 Å². The number of carbonyl (C=O) groups is 1. The third-order valence-electron chi connectivity index (χ3n) is 1.64.